The van der Waals surface area contributed by atoms with Gasteiger partial charge in [0.2, 0.25) is 11.8 Å². The topological polar surface area (TPSA) is 95.9 Å². The fraction of sp³-hybridized carbons (Fsp3) is 0.360. The lowest BCUT2D eigenvalue weighted by Crippen LogP contribution is -2.37. The quantitative estimate of drug-likeness (QED) is 0.474. The maximum atomic E-state index is 13.3. The minimum absolute atomic E-state index is 0.0875. The third kappa shape index (κ3) is 3.86. The van der Waals surface area contributed by atoms with Crippen LogP contribution in [-0.2, 0) is 16.6 Å². The van der Waals surface area contributed by atoms with Crippen molar-refractivity contribution >= 4 is 39.6 Å². The van der Waals surface area contributed by atoms with E-state index in [2.05, 4.69) is 29.4 Å². The molecule has 1 aliphatic rings. The number of nitrogens with zero attached hydrogens (tertiary/aromatic N) is 4. The number of aromatic nitrogens is 4. The first kappa shape index (κ1) is 21.2. The van der Waals surface area contributed by atoms with Crippen LogP contribution in [0.15, 0.2) is 48.5 Å². The van der Waals surface area contributed by atoms with Crippen molar-refractivity contribution in [2.75, 3.05) is 11.4 Å². The van der Waals surface area contributed by atoms with Crippen LogP contribution in [0.2, 0.25) is 0 Å². The first-order chi connectivity index (χ1) is 15.9. The predicted molar refractivity (Wildman–Crippen MR) is 128 cm³/mol. The van der Waals surface area contributed by atoms with Gasteiger partial charge >= 0.3 is 0 Å². The molecular weight excluding hydrogens is 416 g/mol. The van der Waals surface area contributed by atoms with Crippen LogP contribution in [0.3, 0.4) is 0 Å². The number of benzene rings is 2. The Balaban J connectivity index is 1.37. The van der Waals surface area contributed by atoms with Crippen molar-refractivity contribution in [2.24, 2.45) is 18.9 Å². The van der Waals surface area contributed by atoms with Crippen molar-refractivity contribution in [3.8, 4) is 0 Å². The molecule has 2 amide bonds. The number of hydrogen-bond acceptors (Lipinski definition) is 4. The van der Waals surface area contributed by atoms with Gasteiger partial charge in [-0.15, -0.1) is 0 Å². The van der Waals surface area contributed by atoms with Gasteiger partial charge < -0.3 is 9.88 Å². The number of fused-ring (bicyclic) bond motifs is 2. The summed E-state index contributed by atoms with van der Waals surface area (Å²) in [5.74, 6) is 1.14. The minimum Gasteiger partial charge on any atom is -0.346 e. The number of rotatable bonds is 6. The Morgan fingerprint density at radius 3 is 2.73 bits per heavy atom. The number of H-pyrrole nitrogens is 1. The Morgan fingerprint density at radius 2 is 1.94 bits per heavy atom. The van der Waals surface area contributed by atoms with E-state index in [-0.39, 0.29) is 24.3 Å². The number of aromatic amines is 1. The largest absolute Gasteiger partial charge is 0.346 e. The van der Waals surface area contributed by atoms with E-state index in [4.69, 9.17) is 4.98 Å². The highest BCUT2D eigenvalue weighted by Crippen LogP contribution is 2.31. The van der Waals surface area contributed by atoms with Crippen molar-refractivity contribution in [3.05, 3.63) is 54.4 Å². The average Bonchev–Trinajstić information content (AvgIpc) is 3.48. The fourth-order valence-electron chi connectivity index (χ4n) is 4.71. The highest BCUT2D eigenvalue weighted by Gasteiger charge is 2.38. The molecule has 4 aromatic rings. The summed E-state index contributed by atoms with van der Waals surface area (Å²) in [5, 5.41) is 11.4. The standard InChI is InChI=1S/C25H28N6O2/c1-15(2)12-20(24-26-19-10-6-7-11-21(19)30(24)3)27-25(33)16-13-22(32)31(14-16)23-17-8-4-5-9-18(17)28-29-23/h4-11,15-16,20H,12-14H2,1-3H3,(H,27,33)(H,28,29)/t16-,20-/m1/s1. The molecule has 1 aliphatic heterocycles. The van der Waals surface area contributed by atoms with Crippen LogP contribution >= 0.6 is 0 Å². The number of para-hydroxylation sites is 3. The molecule has 170 valence electrons. The summed E-state index contributed by atoms with van der Waals surface area (Å²) in [5.41, 5.74) is 2.81. The molecule has 33 heavy (non-hydrogen) atoms. The number of hydrogen-bond donors (Lipinski definition) is 2. The molecular formula is C25H28N6O2. The second-order valence-electron chi connectivity index (χ2n) is 9.21. The molecule has 0 aliphatic carbocycles. The van der Waals surface area contributed by atoms with Crippen LogP contribution in [0.5, 0.6) is 0 Å². The van der Waals surface area contributed by atoms with Crippen molar-refractivity contribution in [3.63, 3.8) is 0 Å². The van der Waals surface area contributed by atoms with Crippen molar-refractivity contribution in [1.29, 1.82) is 0 Å². The Kier molecular flexibility index (Phi) is 5.36. The number of amides is 2. The molecule has 1 saturated heterocycles. The zero-order valence-corrected chi connectivity index (χ0v) is 19.1. The summed E-state index contributed by atoms with van der Waals surface area (Å²) in [6.45, 7) is 4.58. The molecule has 0 bridgehead atoms. The summed E-state index contributed by atoms with van der Waals surface area (Å²) in [4.78, 5) is 32.5. The van der Waals surface area contributed by atoms with E-state index >= 15 is 0 Å². The van der Waals surface area contributed by atoms with E-state index in [1.165, 1.54) is 0 Å². The van der Waals surface area contributed by atoms with E-state index in [0.29, 0.717) is 18.3 Å². The van der Waals surface area contributed by atoms with Crippen LogP contribution < -0.4 is 10.2 Å². The van der Waals surface area contributed by atoms with Crippen LogP contribution in [0.4, 0.5) is 5.82 Å². The third-order valence-electron chi connectivity index (χ3n) is 6.36. The minimum atomic E-state index is -0.433. The van der Waals surface area contributed by atoms with E-state index in [1.54, 1.807) is 4.90 Å². The molecule has 2 N–H and O–H groups in total. The summed E-state index contributed by atoms with van der Waals surface area (Å²) in [6.07, 6.45) is 0.932. The molecule has 8 nitrogen and oxygen atoms in total. The first-order valence-electron chi connectivity index (χ1n) is 11.4. The fourth-order valence-corrected chi connectivity index (χ4v) is 4.71. The molecule has 0 saturated carbocycles. The zero-order valence-electron chi connectivity index (χ0n) is 19.1. The molecule has 2 aromatic carbocycles. The number of carbonyl (C=O) groups is 2. The van der Waals surface area contributed by atoms with Crippen LogP contribution in [0.25, 0.3) is 21.9 Å². The monoisotopic (exact) mass is 444 g/mol. The molecule has 2 aromatic heterocycles. The van der Waals surface area contributed by atoms with Gasteiger partial charge in [0.05, 0.1) is 28.5 Å². The zero-order chi connectivity index (χ0) is 23.1. The number of aryl methyl sites for hydroxylation is 1. The second-order valence-corrected chi connectivity index (χ2v) is 9.21. The molecule has 0 radical (unpaired) electrons. The van der Waals surface area contributed by atoms with Crippen molar-refractivity contribution in [2.45, 2.75) is 32.7 Å². The van der Waals surface area contributed by atoms with E-state index in [9.17, 15) is 9.59 Å². The van der Waals surface area contributed by atoms with E-state index < -0.39 is 5.92 Å². The van der Waals surface area contributed by atoms with Crippen molar-refractivity contribution in [1.82, 2.24) is 25.1 Å². The number of carbonyl (C=O) groups excluding carboxylic acids is 2. The Labute approximate surface area is 192 Å². The van der Waals surface area contributed by atoms with E-state index in [1.807, 2.05) is 60.1 Å². The summed E-state index contributed by atoms with van der Waals surface area (Å²) in [6, 6.07) is 15.4. The van der Waals surface area contributed by atoms with Gasteiger partial charge in [-0.05, 0) is 36.6 Å². The molecule has 8 heteroatoms. The van der Waals surface area contributed by atoms with Gasteiger partial charge in [0.15, 0.2) is 5.82 Å². The maximum absolute atomic E-state index is 13.3. The third-order valence-corrected chi connectivity index (χ3v) is 6.36. The molecule has 0 unspecified atom stereocenters. The number of nitrogens with one attached hydrogen (secondary N) is 2. The van der Waals surface area contributed by atoms with Gasteiger partial charge in [0.1, 0.15) is 5.82 Å². The Bertz CT molecular complexity index is 1340. The summed E-state index contributed by atoms with van der Waals surface area (Å²) < 4.78 is 2.05. The molecule has 1 fully saturated rings. The molecule has 2 atom stereocenters. The Morgan fingerprint density at radius 1 is 1.18 bits per heavy atom. The highest BCUT2D eigenvalue weighted by atomic mass is 16.2. The summed E-state index contributed by atoms with van der Waals surface area (Å²) in [7, 11) is 1.98. The lowest BCUT2D eigenvalue weighted by Gasteiger charge is -2.22. The second kappa shape index (κ2) is 8.35. The number of anilines is 1. The normalized spacial score (nSPS) is 17.4. The average molecular weight is 445 g/mol. The Hall–Kier alpha value is -3.68. The van der Waals surface area contributed by atoms with Gasteiger partial charge in [-0.1, -0.05) is 38.1 Å². The van der Waals surface area contributed by atoms with Crippen molar-refractivity contribution < 1.29 is 9.59 Å². The number of imidazole rings is 1. The maximum Gasteiger partial charge on any atom is 0.229 e. The van der Waals surface area contributed by atoms with Crippen LogP contribution in [-0.4, -0.2) is 38.1 Å². The first-order valence-corrected chi connectivity index (χ1v) is 11.4. The lowest BCUT2D eigenvalue weighted by molar-refractivity contribution is -0.127. The van der Waals surface area contributed by atoms with Crippen LogP contribution in [0.1, 0.15) is 38.6 Å². The highest BCUT2D eigenvalue weighted by molar-refractivity contribution is 6.05. The van der Waals surface area contributed by atoms with Crippen LogP contribution in [0, 0.1) is 11.8 Å². The van der Waals surface area contributed by atoms with Gasteiger partial charge in [0, 0.05) is 25.4 Å². The SMILES string of the molecule is CC(C)C[C@@H](NC(=O)[C@@H]1CC(=O)N(c2n[nH]c3ccccc23)C1)c1nc2ccccc2n1C. The van der Waals surface area contributed by atoms with Gasteiger partial charge in [-0.25, -0.2) is 4.98 Å². The van der Waals surface area contributed by atoms with Gasteiger partial charge in [0.25, 0.3) is 0 Å². The predicted octanol–water partition coefficient (Wildman–Crippen LogP) is 3.71. The lowest BCUT2D eigenvalue weighted by atomic mass is 10.0. The molecule has 3 heterocycles. The van der Waals surface area contributed by atoms with Gasteiger partial charge in [-0.2, -0.15) is 5.10 Å². The van der Waals surface area contributed by atoms with Gasteiger partial charge in [-0.3, -0.25) is 19.6 Å². The van der Waals surface area contributed by atoms with E-state index in [0.717, 1.165) is 34.2 Å². The molecule has 5 rings (SSSR count). The smallest absolute Gasteiger partial charge is 0.229 e. The summed E-state index contributed by atoms with van der Waals surface area (Å²) >= 11 is 0. The molecule has 0 spiro atoms.